The first kappa shape index (κ1) is 15.4. The Balaban J connectivity index is 2.44. The second-order valence-corrected chi connectivity index (χ2v) is 4.88. The van der Waals surface area contributed by atoms with Crippen LogP contribution in [-0.2, 0) is 11.2 Å². The third-order valence-corrected chi connectivity index (χ3v) is 3.08. The van der Waals surface area contributed by atoms with Crippen LogP contribution >= 0.6 is 0 Å². The maximum atomic E-state index is 10.7. The molecule has 0 aromatic carbocycles. The number of nitrogens with zero attached hydrogens (tertiary/aromatic N) is 2. The summed E-state index contributed by atoms with van der Waals surface area (Å²) in [5.74, 6) is 0.187. The molecule has 1 heterocycles. The second-order valence-electron chi connectivity index (χ2n) is 4.88. The first-order chi connectivity index (χ1) is 9.04. The summed E-state index contributed by atoms with van der Waals surface area (Å²) in [4.78, 5) is 14.9. The van der Waals surface area contributed by atoms with Crippen LogP contribution < -0.4 is 0 Å². The molecule has 1 aromatic rings. The number of hydrogen-bond donors (Lipinski definition) is 1. The summed E-state index contributed by atoms with van der Waals surface area (Å²) in [6.07, 6.45) is 5.98. The van der Waals surface area contributed by atoms with Crippen molar-refractivity contribution in [2.45, 2.75) is 58.3 Å². The number of aliphatic carboxylic acids is 1. The lowest BCUT2D eigenvalue weighted by molar-refractivity contribution is -0.132. The van der Waals surface area contributed by atoms with Crippen molar-refractivity contribution in [3.63, 3.8) is 0 Å². The van der Waals surface area contributed by atoms with E-state index in [4.69, 9.17) is 9.63 Å². The van der Waals surface area contributed by atoms with Crippen molar-refractivity contribution in [3.8, 4) is 0 Å². The SMILES string of the molecule is C=C(Cc1nc([C@@H](C)CCCCCC)no1)C(=O)O. The molecular formula is C14H22N2O3. The van der Waals surface area contributed by atoms with Gasteiger partial charge in [-0.2, -0.15) is 4.98 Å². The summed E-state index contributed by atoms with van der Waals surface area (Å²) in [5, 5.41) is 12.6. The number of unbranched alkanes of at least 4 members (excludes halogenated alkanes) is 3. The Labute approximate surface area is 113 Å². The summed E-state index contributed by atoms with van der Waals surface area (Å²) in [7, 11) is 0. The molecule has 0 aliphatic rings. The van der Waals surface area contributed by atoms with Gasteiger partial charge in [0.15, 0.2) is 5.82 Å². The molecule has 0 bridgehead atoms. The second kappa shape index (κ2) is 7.71. The van der Waals surface area contributed by atoms with Gasteiger partial charge in [0, 0.05) is 11.5 Å². The highest BCUT2D eigenvalue weighted by Crippen LogP contribution is 2.20. The fourth-order valence-corrected chi connectivity index (χ4v) is 1.80. The number of carboxylic acids is 1. The van der Waals surface area contributed by atoms with Crippen molar-refractivity contribution in [2.75, 3.05) is 0 Å². The van der Waals surface area contributed by atoms with Crippen LogP contribution in [0.2, 0.25) is 0 Å². The topological polar surface area (TPSA) is 76.2 Å². The number of aromatic nitrogens is 2. The highest BCUT2D eigenvalue weighted by Gasteiger charge is 2.15. The van der Waals surface area contributed by atoms with E-state index in [1.165, 1.54) is 19.3 Å². The molecule has 1 atom stereocenters. The van der Waals surface area contributed by atoms with E-state index < -0.39 is 5.97 Å². The first-order valence-electron chi connectivity index (χ1n) is 6.78. The zero-order valence-electron chi connectivity index (χ0n) is 11.7. The summed E-state index contributed by atoms with van der Waals surface area (Å²) in [6, 6.07) is 0. The summed E-state index contributed by atoms with van der Waals surface area (Å²) in [5.41, 5.74) is 0.0609. The minimum atomic E-state index is -1.03. The molecule has 0 aliphatic carbocycles. The van der Waals surface area contributed by atoms with Gasteiger partial charge in [-0.15, -0.1) is 0 Å². The summed E-state index contributed by atoms with van der Waals surface area (Å²) in [6.45, 7) is 7.69. The van der Waals surface area contributed by atoms with Gasteiger partial charge in [-0.3, -0.25) is 0 Å². The molecule has 5 heteroatoms. The van der Waals surface area contributed by atoms with E-state index in [0.717, 1.165) is 12.8 Å². The van der Waals surface area contributed by atoms with Crippen LogP contribution in [0.15, 0.2) is 16.7 Å². The molecule has 0 aliphatic heterocycles. The molecular weight excluding hydrogens is 244 g/mol. The standard InChI is InChI=1S/C14H22N2O3/c1-4-5-6-7-8-10(2)13-15-12(19-16-13)9-11(3)14(17)18/h10H,3-9H2,1-2H3,(H,17,18)/t10-/m0/s1. The smallest absolute Gasteiger partial charge is 0.331 e. The molecule has 0 radical (unpaired) electrons. The van der Waals surface area contributed by atoms with E-state index in [9.17, 15) is 4.79 Å². The lowest BCUT2D eigenvalue weighted by atomic mass is 10.0. The lowest BCUT2D eigenvalue weighted by Crippen LogP contribution is -2.03. The largest absolute Gasteiger partial charge is 0.478 e. The molecule has 0 spiro atoms. The minimum absolute atomic E-state index is 0.0609. The fraction of sp³-hybridized carbons (Fsp3) is 0.643. The molecule has 0 amide bonds. The Bertz CT molecular complexity index is 426. The van der Waals surface area contributed by atoms with Crippen LogP contribution in [0.25, 0.3) is 0 Å². The van der Waals surface area contributed by atoms with E-state index in [1.807, 2.05) is 0 Å². The van der Waals surface area contributed by atoms with Crippen LogP contribution in [0.1, 0.15) is 63.6 Å². The molecule has 19 heavy (non-hydrogen) atoms. The fourth-order valence-electron chi connectivity index (χ4n) is 1.80. The highest BCUT2D eigenvalue weighted by atomic mass is 16.5. The average Bonchev–Trinajstić information content (AvgIpc) is 2.82. The Hall–Kier alpha value is -1.65. The van der Waals surface area contributed by atoms with Gasteiger partial charge < -0.3 is 9.63 Å². The van der Waals surface area contributed by atoms with Crippen molar-refractivity contribution in [3.05, 3.63) is 23.9 Å². The molecule has 1 N–H and O–H groups in total. The summed E-state index contributed by atoms with van der Waals surface area (Å²) < 4.78 is 5.05. The van der Waals surface area contributed by atoms with Crippen LogP contribution in [0.5, 0.6) is 0 Å². The quantitative estimate of drug-likeness (QED) is 0.548. The van der Waals surface area contributed by atoms with Gasteiger partial charge >= 0.3 is 5.97 Å². The van der Waals surface area contributed by atoms with Crippen LogP contribution in [-0.4, -0.2) is 21.2 Å². The third-order valence-electron chi connectivity index (χ3n) is 3.08. The average molecular weight is 266 g/mol. The normalized spacial score (nSPS) is 12.3. The van der Waals surface area contributed by atoms with Crippen LogP contribution in [0, 0.1) is 0 Å². The number of carbonyl (C=O) groups is 1. The molecule has 0 saturated carbocycles. The van der Waals surface area contributed by atoms with Crippen molar-refractivity contribution in [1.29, 1.82) is 0 Å². The van der Waals surface area contributed by atoms with Gasteiger partial charge in [-0.1, -0.05) is 51.3 Å². The Morgan fingerprint density at radius 1 is 1.42 bits per heavy atom. The molecule has 0 saturated heterocycles. The minimum Gasteiger partial charge on any atom is -0.478 e. The van der Waals surface area contributed by atoms with E-state index in [0.29, 0.717) is 11.7 Å². The zero-order valence-corrected chi connectivity index (χ0v) is 11.7. The Morgan fingerprint density at radius 3 is 2.79 bits per heavy atom. The van der Waals surface area contributed by atoms with Crippen molar-refractivity contribution < 1.29 is 14.4 Å². The van der Waals surface area contributed by atoms with Gasteiger partial charge in [0.25, 0.3) is 0 Å². The van der Waals surface area contributed by atoms with Crippen molar-refractivity contribution in [1.82, 2.24) is 10.1 Å². The first-order valence-corrected chi connectivity index (χ1v) is 6.78. The monoisotopic (exact) mass is 266 g/mol. The maximum Gasteiger partial charge on any atom is 0.331 e. The molecule has 1 rings (SSSR count). The van der Waals surface area contributed by atoms with Gasteiger partial charge in [0.1, 0.15) is 0 Å². The molecule has 5 nitrogen and oxygen atoms in total. The van der Waals surface area contributed by atoms with E-state index in [-0.39, 0.29) is 17.9 Å². The maximum absolute atomic E-state index is 10.7. The van der Waals surface area contributed by atoms with E-state index in [2.05, 4.69) is 30.6 Å². The zero-order chi connectivity index (χ0) is 14.3. The summed E-state index contributed by atoms with van der Waals surface area (Å²) >= 11 is 0. The van der Waals surface area contributed by atoms with Crippen molar-refractivity contribution in [2.24, 2.45) is 0 Å². The van der Waals surface area contributed by atoms with E-state index in [1.54, 1.807) is 0 Å². The van der Waals surface area contributed by atoms with Gasteiger partial charge in [-0.25, -0.2) is 4.79 Å². The third kappa shape index (κ3) is 5.24. The predicted molar refractivity (Wildman–Crippen MR) is 72.0 cm³/mol. The Morgan fingerprint density at radius 2 is 2.16 bits per heavy atom. The molecule has 0 unspecified atom stereocenters. The van der Waals surface area contributed by atoms with Crippen molar-refractivity contribution >= 4 is 5.97 Å². The molecule has 1 aromatic heterocycles. The van der Waals surface area contributed by atoms with Gasteiger partial charge in [0.05, 0.1) is 6.42 Å². The molecule has 0 fully saturated rings. The van der Waals surface area contributed by atoms with Gasteiger partial charge in [-0.05, 0) is 6.42 Å². The number of carboxylic acid groups (broad SMARTS) is 1. The highest BCUT2D eigenvalue weighted by molar-refractivity contribution is 5.86. The van der Waals surface area contributed by atoms with Crippen LogP contribution in [0.4, 0.5) is 0 Å². The van der Waals surface area contributed by atoms with E-state index >= 15 is 0 Å². The Kier molecular flexibility index (Phi) is 6.25. The van der Waals surface area contributed by atoms with Gasteiger partial charge in [0.2, 0.25) is 5.89 Å². The predicted octanol–water partition coefficient (Wildman–Crippen LogP) is 3.33. The molecule has 106 valence electrons. The number of hydrogen-bond acceptors (Lipinski definition) is 4. The van der Waals surface area contributed by atoms with Crippen LogP contribution in [0.3, 0.4) is 0 Å². The number of rotatable bonds is 9. The lowest BCUT2D eigenvalue weighted by Gasteiger charge is -2.05.